The standard InChI is InChI=1S/C14H10BrNO5/c1-8-5-13(11(15)7-12(8)16(19)20)21-10-4-2-3-9(6-10)14(17)18/h2-7H,1H3,(H,17,18). The smallest absolute Gasteiger partial charge is 0.335 e. The number of hydrogen-bond donors (Lipinski definition) is 1. The van der Waals surface area contributed by atoms with Crippen LogP contribution in [0.4, 0.5) is 5.69 Å². The van der Waals surface area contributed by atoms with Gasteiger partial charge in [-0.3, -0.25) is 10.1 Å². The molecule has 0 aliphatic rings. The van der Waals surface area contributed by atoms with Crippen LogP contribution in [0.15, 0.2) is 40.9 Å². The van der Waals surface area contributed by atoms with Crippen LogP contribution in [0, 0.1) is 17.0 Å². The Balaban J connectivity index is 2.36. The molecule has 0 aliphatic carbocycles. The van der Waals surface area contributed by atoms with E-state index in [1.165, 1.54) is 24.3 Å². The minimum absolute atomic E-state index is 0.0199. The minimum atomic E-state index is -1.06. The van der Waals surface area contributed by atoms with Crippen LogP contribution in [0.1, 0.15) is 15.9 Å². The van der Waals surface area contributed by atoms with E-state index in [1.807, 2.05) is 0 Å². The van der Waals surface area contributed by atoms with Crippen molar-refractivity contribution in [2.24, 2.45) is 0 Å². The van der Waals surface area contributed by atoms with Crippen LogP contribution in [-0.2, 0) is 0 Å². The number of rotatable bonds is 4. The Kier molecular flexibility index (Phi) is 4.23. The fourth-order valence-electron chi connectivity index (χ4n) is 1.74. The highest BCUT2D eigenvalue weighted by molar-refractivity contribution is 9.10. The lowest BCUT2D eigenvalue weighted by Gasteiger charge is -2.09. The van der Waals surface area contributed by atoms with Crippen LogP contribution >= 0.6 is 15.9 Å². The summed E-state index contributed by atoms with van der Waals surface area (Å²) in [4.78, 5) is 21.3. The van der Waals surface area contributed by atoms with E-state index in [1.54, 1.807) is 19.1 Å². The SMILES string of the molecule is Cc1cc(Oc2cccc(C(=O)O)c2)c(Br)cc1[N+](=O)[O-]. The van der Waals surface area contributed by atoms with Crippen molar-refractivity contribution in [3.05, 3.63) is 62.1 Å². The molecule has 21 heavy (non-hydrogen) atoms. The maximum Gasteiger partial charge on any atom is 0.335 e. The van der Waals surface area contributed by atoms with Gasteiger partial charge in [0.05, 0.1) is 15.0 Å². The molecule has 0 atom stereocenters. The molecule has 0 aliphatic heterocycles. The summed E-state index contributed by atoms with van der Waals surface area (Å²) >= 11 is 3.21. The monoisotopic (exact) mass is 351 g/mol. The first kappa shape index (κ1) is 15.0. The van der Waals surface area contributed by atoms with Gasteiger partial charge in [-0.15, -0.1) is 0 Å². The number of nitro groups is 1. The summed E-state index contributed by atoms with van der Waals surface area (Å²) in [6.07, 6.45) is 0. The molecule has 2 aromatic rings. The van der Waals surface area contributed by atoms with Crippen molar-refractivity contribution >= 4 is 27.6 Å². The number of nitro benzene ring substituents is 1. The highest BCUT2D eigenvalue weighted by Crippen LogP contribution is 2.35. The van der Waals surface area contributed by atoms with Crippen molar-refractivity contribution < 1.29 is 19.6 Å². The summed E-state index contributed by atoms with van der Waals surface area (Å²) in [7, 11) is 0. The summed E-state index contributed by atoms with van der Waals surface area (Å²) in [6, 6.07) is 8.87. The predicted octanol–water partition coefficient (Wildman–Crippen LogP) is 4.16. The zero-order chi connectivity index (χ0) is 15.6. The lowest BCUT2D eigenvalue weighted by atomic mass is 10.2. The molecule has 0 spiro atoms. The highest BCUT2D eigenvalue weighted by Gasteiger charge is 2.15. The van der Waals surface area contributed by atoms with Crippen molar-refractivity contribution in [1.82, 2.24) is 0 Å². The first-order chi connectivity index (χ1) is 9.88. The Morgan fingerprint density at radius 3 is 2.67 bits per heavy atom. The van der Waals surface area contributed by atoms with Crippen molar-refractivity contribution in [3.8, 4) is 11.5 Å². The van der Waals surface area contributed by atoms with Gasteiger partial charge >= 0.3 is 5.97 Å². The molecule has 0 fully saturated rings. The largest absolute Gasteiger partial charge is 0.478 e. The molecular formula is C14H10BrNO5. The summed E-state index contributed by atoms with van der Waals surface area (Å²) in [5.41, 5.74) is 0.531. The van der Waals surface area contributed by atoms with E-state index < -0.39 is 10.9 Å². The van der Waals surface area contributed by atoms with Crippen LogP contribution in [0.25, 0.3) is 0 Å². The first-order valence-corrected chi connectivity index (χ1v) is 6.63. The molecule has 0 unspecified atom stereocenters. The van der Waals surface area contributed by atoms with Gasteiger partial charge in [-0.2, -0.15) is 0 Å². The summed E-state index contributed by atoms with van der Waals surface area (Å²) in [5, 5.41) is 19.8. The molecule has 0 amide bonds. The van der Waals surface area contributed by atoms with Gasteiger partial charge in [0.25, 0.3) is 5.69 Å². The van der Waals surface area contributed by atoms with Crippen molar-refractivity contribution in [2.75, 3.05) is 0 Å². The van der Waals surface area contributed by atoms with Gasteiger partial charge in [-0.1, -0.05) is 6.07 Å². The summed E-state index contributed by atoms with van der Waals surface area (Å²) in [5.74, 6) is -0.344. The number of carboxylic acids is 1. The fourth-order valence-corrected chi connectivity index (χ4v) is 2.15. The summed E-state index contributed by atoms with van der Waals surface area (Å²) < 4.78 is 6.00. The molecular weight excluding hydrogens is 342 g/mol. The second-order valence-corrected chi connectivity index (χ2v) is 5.12. The van der Waals surface area contributed by atoms with Gasteiger partial charge in [0, 0.05) is 11.6 Å². The lowest BCUT2D eigenvalue weighted by Crippen LogP contribution is -1.97. The number of carbonyl (C=O) groups is 1. The molecule has 6 nitrogen and oxygen atoms in total. The van der Waals surface area contributed by atoms with Crippen LogP contribution in [0.2, 0.25) is 0 Å². The number of hydrogen-bond acceptors (Lipinski definition) is 4. The molecule has 1 N–H and O–H groups in total. The summed E-state index contributed by atoms with van der Waals surface area (Å²) in [6.45, 7) is 1.60. The minimum Gasteiger partial charge on any atom is -0.478 e. The number of nitrogens with zero attached hydrogens (tertiary/aromatic N) is 1. The van der Waals surface area contributed by atoms with E-state index in [-0.39, 0.29) is 11.3 Å². The second kappa shape index (κ2) is 5.92. The predicted molar refractivity (Wildman–Crippen MR) is 79.0 cm³/mol. The van der Waals surface area contributed by atoms with Gasteiger partial charge in [0.15, 0.2) is 0 Å². The number of carboxylic acid groups (broad SMARTS) is 1. The van der Waals surface area contributed by atoms with E-state index in [9.17, 15) is 14.9 Å². The molecule has 2 rings (SSSR count). The fraction of sp³-hybridized carbons (Fsp3) is 0.0714. The van der Waals surface area contributed by atoms with E-state index in [0.29, 0.717) is 21.5 Å². The maximum absolute atomic E-state index is 10.9. The van der Waals surface area contributed by atoms with Gasteiger partial charge in [0.2, 0.25) is 0 Å². The molecule has 0 radical (unpaired) electrons. The Morgan fingerprint density at radius 1 is 1.33 bits per heavy atom. The van der Waals surface area contributed by atoms with Gasteiger partial charge in [-0.25, -0.2) is 4.79 Å². The van der Waals surface area contributed by atoms with E-state index in [4.69, 9.17) is 9.84 Å². The number of aromatic carboxylic acids is 1. The van der Waals surface area contributed by atoms with E-state index in [2.05, 4.69) is 15.9 Å². The van der Waals surface area contributed by atoms with Gasteiger partial charge in [0.1, 0.15) is 11.5 Å². The maximum atomic E-state index is 10.9. The van der Waals surface area contributed by atoms with Crippen LogP contribution in [0.3, 0.4) is 0 Å². The second-order valence-electron chi connectivity index (χ2n) is 4.26. The third kappa shape index (κ3) is 3.38. The Bertz CT molecular complexity index is 729. The first-order valence-electron chi connectivity index (χ1n) is 5.84. The van der Waals surface area contributed by atoms with E-state index >= 15 is 0 Å². The van der Waals surface area contributed by atoms with Crippen molar-refractivity contribution in [2.45, 2.75) is 6.92 Å². The molecule has 7 heteroatoms. The number of aryl methyl sites for hydroxylation is 1. The Morgan fingerprint density at radius 2 is 2.05 bits per heavy atom. The van der Waals surface area contributed by atoms with Crippen molar-refractivity contribution in [3.63, 3.8) is 0 Å². The van der Waals surface area contributed by atoms with Gasteiger partial charge in [-0.05, 0) is 47.1 Å². The van der Waals surface area contributed by atoms with Crippen LogP contribution in [-0.4, -0.2) is 16.0 Å². The molecule has 0 saturated heterocycles. The normalized spacial score (nSPS) is 10.2. The number of benzene rings is 2. The van der Waals surface area contributed by atoms with Crippen molar-refractivity contribution in [1.29, 1.82) is 0 Å². The van der Waals surface area contributed by atoms with Gasteiger partial charge < -0.3 is 9.84 Å². The number of ether oxygens (including phenoxy) is 1. The molecule has 0 aromatic heterocycles. The molecule has 2 aromatic carbocycles. The molecule has 108 valence electrons. The third-order valence-corrected chi connectivity index (χ3v) is 3.38. The average Bonchev–Trinajstić information content (AvgIpc) is 2.42. The Labute approximate surface area is 128 Å². The lowest BCUT2D eigenvalue weighted by molar-refractivity contribution is -0.385. The third-order valence-electron chi connectivity index (χ3n) is 2.76. The average molecular weight is 352 g/mol. The quantitative estimate of drug-likeness (QED) is 0.659. The zero-order valence-electron chi connectivity index (χ0n) is 10.9. The topological polar surface area (TPSA) is 89.7 Å². The van der Waals surface area contributed by atoms with Crippen LogP contribution < -0.4 is 4.74 Å². The zero-order valence-corrected chi connectivity index (χ0v) is 12.5. The molecule has 0 bridgehead atoms. The number of halogens is 1. The molecule has 0 saturated carbocycles. The van der Waals surface area contributed by atoms with Crippen LogP contribution in [0.5, 0.6) is 11.5 Å². The molecule has 0 heterocycles. The Hall–Kier alpha value is -2.41. The van der Waals surface area contributed by atoms with E-state index in [0.717, 1.165) is 0 Å². The highest BCUT2D eigenvalue weighted by atomic mass is 79.9.